The van der Waals surface area contributed by atoms with E-state index in [4.69, 9.17) is 0 Å². The molecule has 2 heterocycles. The maximum Gasteiger partial charge on any atom is 0.237 e. The van der Waals surface area contributed by atoms with Gasteiger partial charge in [0.15, 0.2) is 0 Å². The standard InChI is InChI=1S/C19H27N5O/c1-13-5-6-14(2)24(13)16(4)19(25)21-15(3)17-7-9-18(10-8-17)23-12-11-20-22-23/h7-16H,5-6H2,1-4H3,(H,21,25)/t13-,14+,15-,16-/m0/s1. The lowest BCUT2D eigenvalue weighted by atomic mass is 10.1. The zero-order chi connectivity index (χ0) is 18.0. The minimum Gasteiger partial charge on any atom is -0.348 e. The molecule has 25 heavy (non-hydrogen) atoms. The zero-order valence-corrected chi connectivity index (χ0v) is 15.4. The topological polar surface area (TPSA) is 63.1 Å². The molecular formula is C19H27N5O. The molecule has 1 aliphatic rings. The fourth-order valence-corrected chi connectivity index (χ4v) is 3.79. The minimum atomic E-state index is -0.107. The number of carbonyl (C=O) groups is 1. The van der Waals surface area contributed by atoms with Crippen LogP contribution in [0.4, 0.5) is 0 Å². The van der Waals surface area contributed by atoms with E-state index in [9.17, 15) is 4.79 Å². The van der Waals surface area contributed by atoms with Gasteiger partial charge in [0, 0.05) is 12.1 Å². The number of amides is 1. The number of carbonyl (C=O) groups excluding carboxylic acids is 1. The molecule has 6 nitrogen and oxygen atoms in total. The molecule has 0 saturated carbocycles. The van der Waals surface area contributed by atoms with Gasteiger partial charge in [0.25, 0.3) is 0 Å². The molecule has 1 fully saturated rings. The Labute approximate surface area is 149 Å². The first-order chi connectivity index (χ1) is 12.0. The number of hydrogen-bond donors (Lipinski definition) is 1. The van der Waals surface area contributed by atoms with E-state index >= 15 is 0 Å². The molecule has 134 valence electrons. The Morgan fingerprint density at radius 2 is 1.80 bits per heavy atom. The van der Waals surface area contributed by atoms with Gasteiger partial charge in [-0.3, -0.25) is 9.69 Å². The van der Waals surface area contributed by atoms with Crippen LogP contribution in [0, 0.1) is 0 Å². The maximum atomic E-state index is 12.7. The van der Waals surface area contributed by atoms with Crippen molar-refractivity contribution in [3.8, 4) is 5.69 Å². The highest BCUT2D eigenvalue weighted by atomic mass is 16.2. The van der Waals surface area contributed by atoms with Crippen molar-refractivity contribution >= 4 is 5.91 Å². The van der Waals surface area contributed by atoms with Crippen molar-refractivity contribution in [2.45, 2.75) is 64.7 Å². The fourth-order valence-electron chi connectivity index (χ4n) is 3.79. The number of likely N-dealkylation sites (tertiary alicyclic amines) is 1. The molecule has 0 spiro atoms. The fraction of sp³-hybridized carbons (Fsp3) is 0.526. The molecule has 1 amide bonds. The van der Waals surface area contributed by atoms with E-state index in [0.717, 1.165) is 24.1 Å². The Balaban J connectivity index is 1.63. The summed E-state index contributed by atoms with van der Waals surface area (Å²) in [5.74, 6) is 0.0912. The molecule has 6 heteroatoms. The second kappa shape index (κ2) is 7.35. The number of aromatic nitrogens is 3. The van der Waals surface area contributed by atoms with E-state index in [1.165, 1.54) is 0 Å². The van der Waals surface area contributed by atoms with Crippen molar-refractivity contribution in [3.05, 3.63) is 42.2 Å². The SMILES string of the molecule is C[C@H](NC(=O)[C@H](C)N1[C@H](C)CC[C@@H]1C)c1ccc(-n2ccnn2)cc1. The molecule has 0 radical (unpaired) electrons. The first-order valence-electron chi connectivity index (χ1n) is 9.02. The van der Waals surface area contributed by atoms with E-state index in [0.29, 0.717) is 12.1 Å². The molecule has 1 aromatic carbocycles. The van der Waals surface area contributed by atoms with Gasteiger partial charge in [0.2, 0.25) is 5.91 Å². The van der Waals surface area contributed by atoms with Crippen LogP contribution in [0.1, 0.15) is 52.1 Å². The first-order valence-corrected chi connectivity index (χ1v) is 9.02. The largest absolute Gasteiger partial charge is 0.348 e. The monoisotopic (exact) mass is 341 g/mol. The highest BCUT2D eigenvalue weighted by Crippen LogP contribution is 2.26. The third kappa shape index (κ3) is 3.74. The van der Waals surface area contributed by atoms with Gasteiger partial charge in [0.1, 0.15) is 0 Å². The van der Waals surface area contributed by atoms with Crippen LogP contribution < -0.4 is 5.32 Å². The first kappa shape index (κ1) is 17.6. The minimum absolute atomic E-state index is 0.0343. The Morgan fingerprint density at radius 3 is 2.36 bits per heavy atom. The van der Waals surface area contributed by atoms with Crippen molar-refractivity contribution in [1.82, 2.24) is 25.2 Å². The molecule has 1 saturated heterocycles. The third-order valence-electron chi connectivity index (χ3n) is 5.29. The number of benzene rings is 1. The summed E-state index contributed by atoms with van der Waals surface area (Å²) in [7, 11) is 0. The highest BCUT2D eigenvalue weighted by Gasteiger charge is 2.34. The average molecular weight is 341 g/mol. The van der Waals surface area contributed by atoms with Crippen molar-refractivity contribution < 1.29 is 4.79 Å². The summed E-state index contributed by atoms with van der Waals surface area (Å²) in [6.07, 6.45) is 5.79. The summed E-state index contributed by atoms with van der Waals surface area (Å²) < 4.78 is 1.71. The molecule has 1 aromatic heterocycles. The van der Waals surface area contributed by atoms with Gasteiger partial charge in [-0.15, -0.1) is 5.10 Å². The molecule has 0 aliphatic carbocycles. The molecule has 4 atom stereocenters. The van der Waals surface area contributed by atoms with E-state index in [1.54, 1.807) is 17.1 Å². The second-order valence-corrected chi connectivity index (χ2v) is 7.07. The predicted molar refractivity (Wildman–Crippen MR) is 97.4 cm³/mol. The van der Waals surface area contributed by atoms with Crippen LogP contribution in [0.25, 0.3) is 5.69 Å². The Morgan fingerprint density at radius 1 is 1.16 bits per heavy atom. The summed E-state index contributed by atoms with van der Waals surface area (Å²) in [4.78, 5) is 15.0. The Hall–Kier alpha value is -2.21. The van der Waals surface area contributed by atoms with Crippen LogP contribution in [0.5, 0.6) is 0 Å². The normalized spacial score (nSPS) is 23.4. The summed E-state index contributed by atoms with van der Waals surface area (Å²) in [5.41, 5.74) is 2.03. The van der Waals surface area contributed by atoms with Crippen molar-refractivity contribution in [3.63, 3.8) is 0 Å². The summed E-state index contributed by atoms with van der Waals surface area (Å²) >= 11 is 0. The molecule has 2 aromatic rings. The van der Waals surface area contributed by atoms with Gasteiger partial charge in [-0.1, -0.05) is 17.3 Å². The van der Waals surface area contributed by atoms with Crippen LogP contribution in [0.15, 0.2) is 36.7 Å². The molecule has 1 aliphatic heterocycles. The van der Waals surface area contributed by atoms with E-state index in [2.05, 4.69) is 34.4 Å². The van der Waals surface area contributed by atoms with Gasteiger partial charge >= 0.3 is 0 Å². The van der Waals surface area contributed by atoms with Crippen molar-refractivity contribution in [1.29, 1.82) is 0 Å². The third-order valence-corrected chi connectivity index (χ3v) is 5.29. The van der Waals surface area contributed by atoms with Crippen molar-refractivity contribution in [2.24, 2.45) is 0 Å². The molecule has 1 N–H and O–H groups in total. The summed E-state index contributed by atoms with van der Waals surface area (Å²) in [5, 5.41) is 11.0. The van der Waals surface area contributed by atoms with Gasteiger partial charge in [-0.2, -0.15) is 0 Å². The van der Waals surface area contributed by atoms with Crippen LogP contribution in [0.3, 0.4) is 0 Å². The van der Waals surface area contributed by atoms with Crippen LogP contribution in [-0.2, 0) is 4.79 Å². The lowest BCUT2D eigenvalue weighted by Crippen LogP contribution is -2.49. The summed E-state index contributed by atoms with van der Waals surface area (Å²) in [6.45, 7) is 8.44. The number of nitrogens with one attached hydrogen (secondary N) is 1. The van der Waals surface area contributed by atoms with Gasteiger partial charge < -0.3 is 5.32 Å². The van der Waals surface area contributed by atoms with Gasteiger partial charge in [-0.05, 0) is 58.2 Å². The highest BCUT2D eigenvalue weighted by molar-refractivity contribution is 5.81. The number of nitrogens with zero attached hydrogens (tertiary/aromatic N) is 4. The van der Waals surface area contributed by atoms with Crippen LogP contribution in [-0.4, -0.2) is 43.9 Å². The van der Waals surface area contributed by atoms with E-state index in [-0.39, 0.29) is 18.0 Å². The number of rotatable bonds is 5. The molecular weight excluding hydrogens is 314 g/mol. The molecule has 0 unspecified atom stereocenters. The quantitative estimate of drug-likeness (QED) is 0.908. The second-order valence-electron chi connectivity index (χ2n) is 7.07. The van der Waals surface area contributed by atoms with Crippen molar-refractivity contribution in [2.75, 3.05) is 0 Å². The Kier molecular flexibility index (Phi) is 5.18. The van der Waals surface area contributed by atoms with E-state index in [1.807, 2.05) is 38.1 Å². The molecule has 3 rings (SSSR count). The maximum absolute atomic E-state index is 12.7. The average Bonchev–Trinajstić information content (AvgIpc) is 3.24. The lowest BCUT2D eigenvalue weighted by molar-refractivity contribution is -0.127. The smallest absolute Gasteiger partial charge is 0.237 e. The van der Waals surface area contributed by atoms with Crippen LogP contribution in [0.2, 0.25) is 0 Å². The van der Waals surface area contributed by atoms with Gasteiger partial charge in [-0.25, -0.2) is 4.68 Å². The summed E-state index contributed by atoms with van der Waals surface area (Å²) in [6, 6.07) is 8.81. The Bertz CT molecular complexity index is 687. The molecule has 0 bridgehead atoms. The number of hydrogen-bond acceptors (Lipinski definition) is 4. The van der Waals surface area contributed by atoms with E-state index < -0.39 is 0 Å². The zero-order valence-electron chi connectivity index (χ0n) is 15.4. The van der Waals surface area contributed by atoms with Gasteiger partial charge in [0.05, 0.1) is 30.2 Å². The van der Waals surface area contributed by atoms with Crippen LogP contribution >= 0.6 is 0 Å². The lowest BCUT2D eigenvalue weighted by Gasteiger charge is -2.32. The predicted octanol–water partition coefficient (Wildman–Crippen LogP) is 2.71.